The lowest BCUT2D eigenvalue weighted by atomic mass is 10.0. The van der Waals surface area contributed by atoms with Crippen LogP contribution in [0.3, 0.4) is 0 Å². The average Bonchev–Trinajstić information content (AvgIpc) is 2.62. The molecular weight excluding hydrogens is 388 g/mol. The van der Waals surface area contributed by atoms with Gasteiger partial charge in [-0.15, -0.1) is 0 Å². The fourth-order valence-corrected chi connectivity index (χ4v) is 2.60. The van der Waals surface area contributed by atoms with Crippen LogP contribution in [-0.4, -0.2) is 29.0 Å². The van der Waals surface area contributed by atoms with E-state index in [0.29, 0.717) is 15.7 Å². The number of benzene rings is 2. The van der Waals surface area contributed by atoms with E-state index in [-0.39, 0.29) is 19.6 Å². The number of amides is 1. The lowest BCUT2D eigenvalue weighted by Crippen LogP contribution is -2.29. The Balaban J connectivity index is 1.72. The molecule has 2 aromatic carbocycles. The van der Waals surface area contributed by atoms with E-state index in [0.717, 1.165) is 5.56 Å². The number of aliphatic hydroxyl groups is 2. The smallest absolute Gasteiger partial charge is 0.407 e. The highest BCUT2D eigenvalue weighted by molar-refractivity contribution is 9.10. The second kappa shape index (κ2) is 9.41. The fraction of sp³-hybridized carbons (Fsp3) is 0.278. The zero-order valence-electron chi connectivity index (χ0n) is 13.6. The van der Waals surface area contributed by atoms with Crippen LogP contribution < -0.4 is 11.1 Å². The molecule has 2 aromatic rings. The molecule has 0 fully saturated rings. The average molecular weight is 409 g/mol. The molecular formula is C18H21BrN2O4. The number of alkyl carbamates (subject to hydrolysis) is 1. The number of halogens is 1. The molecule has 0 saturated carbocycles. The Morgan fingerprint density at radius 1 is 1.20 bits per heavy atom. The minimum absolute atomic E-state index is 0.178. The molecule has 2 rings (SSSR count). The van der Waals surface area contributed by atoms with Gasteiger partial charge in [-0.05, 0) is 45.6 Å². The fourth-order valence-electron chi connectivity index (χ4n) is 2.20. The minimum Gasteiger partial charge on any atom is -0.445 e. The summed E-state index contributed by atoms with van der Waals surface area (Å²) in [7, 11) is 0. The number of anilines is 1. The number of nitrogen functional groups attached to an aromatic ring is 1. The summed E-state index contributed by atoms with van der Waals surface area (Å²) in [4.78, 5) is 11.6. The number of rotatable bonds is 7. The van der Waals surface area contributed by atoms with E-state index >= 15 is 0 Å². The van der Waals surface area contributed by atoms with Crippen molar-refractivity contribution in [1.82, 2.24) is 5.32 Å². The highest BCUT2D eigenvalue weighted by atomic mass is 79.9. The Kier molecular flexibility index (Phi) is 7.24. The Hall–Kier alpha value is -2.09. The number of aliphatic hydroxyl groups excluding tert-OH is 2. The first-order valence-corrected chi connectivity index (χ1v) is 8.62. The van der Waals surface area contributed by atoms with Gasteiger partial charge in [0.25, 0.3) is 0 Å². The highest BCUT2D eigenvalue weighted by Crippen LogP contribution is 2.26. The molecule has 0 saturated heterocycles. The van der Waals surface area contributed by atoms with Gasteiger partial charge in [0.15, 0.2) is 0 Å². The van der Waals surface area contributed by atoms with E-state index in [1.54, 1.807) is 18.2 Å². The van der Waals surface area contributed by atoms with Crippen molar-refractivity contribution in [3.63, 3.8) is 0 Å². The molecule has 6 nitrogen and oxygen atoms in total. The molecule has 0 aliphatic carbocycles. The lowest BCUT2D eigenvalue weighted by Gasteiger charge is -2.19. The summed E-state index contributed by atoms with van der Waals surface area (Å²) < 4.78 is 5.72. The van der Waals surface area contributed by atoms with Gasteiger partial charge in [0.2, 0.25) is 0 Å². The van der Waals surface area contributed by atoms with Gasteiger partial charge >= 0.3 is 6.09 Å². The Morgan fingerprint density at radius 2 is 1.92 bits per heavy atom. The van der Waals surface area contributed by atoms with Crippen molar-refractivity contribution >= 4 is 27.7 Å². The van der Waals surface area contributed by atoms with Crippen LogP contribution in [-0.2, 0) is 11.3 Å². The zero-order valence-corrected chi connectivity index (χ0v) is 15.1. The van der Waals surface area contributed by atoms with Crippen molar-refractivity contribution in [1.29, 1.82) is 0 Å². The van der Waals surface area contributed by atoms with E-state index in [1.165, 1.54) is 0 Å². The maximum absolute atomic E-state index is 11.6. The summed E-state index contributed by atoms with van der Waals surface area (Å²) in [5.74, 6) is 0. The first kappa shape index (κ1) is 19.2. The molecule has 0 aromatic heterocycles. The third-order valence-electron chi connectivity index (χ3n) is 3.65. The van der Waals surface area contributed by atoms with E-state index in [4.69, 9.17) is 10.5 Å². The molecule has 1 amide bonds. The second-order valence-corrected chi connectivity index (χ2v) is 6.42. The molecule has 2 atom stereocenters. The van der Waals surface area contributed by atoms with Crippen molar-refractivity contribution in [3.05, 3.63) is 64.1 Å². The summed E-state index contributed by atoms with van der Waals surface area (Å²) in [5.41, 5.74) is 7.68. The van der Waals surface area contributed by atoms with Crippen LogP contribution in [0.4, 0.5) is 10.5 Å². The molecule has 7 heteroatoms. The van der Waals surface area contributed by atoms with Gasteiger partial charge in [-0.25, -0.2) is 4.79 Å². The summed E-state index contributed by atoms with van der Waals surface area (Å²) in [6.07, 6.45) is -2.48. The van der Waals surface area contributed by atoms with Gasteiger partial charge in [-0.1, -0.05) is 36.4 Å². The summed E-state index contributed by atoms with van der Waals surface area (Å²) in [5, 5.41) is 22.8. The first-order chi connectivity index (χ1) is 12.0. The Labute approximate surface area is 154 Å². The van der Waals surface area contributed by atoms with Crippen molar-refractivity contribution < 1.29 is 19.7 Å². The third-order valence-corrected chi connectivity index (χ3v) is 4.34. The molecule has 0 bridgehead atoms. The van der Waals surface area contributed by atoms with Gasteiger partial charge in [-0.3, -0.25) is 0 Å². The monoisotopic (exact) mass is 408 g/mol. The van der Waals surface area contributed by atoms with Crippen LogP contribution in [0.25, 0.3) is 0 Å². The quantitative estimate of drug-likeness (QED) is 0.527. The van der Waals surface area contributed by atoms with Crippen LogP contribution in [0.15, 0.2) is 53.0 Å². The predicted molar refractivity (Wildman–Crippen MR) is 98.8 cm³/mol. The second-order valence-electron chi connectivity index (χ2n) is 5.57. The topological polar surface area (TPSA) is 105 Å². The third kappa shape index (κ3) is 6.04. The number of nitrogens with one attached hydrogen (secondary N) is 1. The molecule has 25 heavy (non-hydrogen) atoms. The molecule has 134 valence electrons. The van der Waals surface area contributed by atoms with Gasteiger partial charge in [0.1, 0.15) is 12.7 Å². The van der Waals surface area contributed by atoms with Crippen molar-refractivity contribution in [2.24, 2.45) is 0 Å². The van der Waals surface area contributed by atoms with Gasteiger partial charge in [-0.2, -0.15) is 0 Å². The van der Waals surface area contributed by atoms with Gasteiger partial charge < -0.3 is 26.0 Å². The molecule has 0 radical (unpaired) electrons. The Morgan fingerprint density at radius 3 is 2.60 bits per heavy atom. The molecule has 0 aliphatic heterocycles. The molecule has 5 N–H and O–H groups in total. The van der Waals surface area contributed by atoms with Crippen molar-refractivity contribution in [2.45, 2.75) is 25.2 Å². The van der Waals surface area contributed by atoms with Crippen molar-refractivity contribution in [3.8, 4) is 0 Å². The lowest BCUT2D eigenvalue weighted by molar-refractivity contribution is 0.0136. The standard InChI is InChI=1S/C18H21BrN2O4/c19-14-10-13(6-7-15(14)20)17(23)16(22)8-9-21-18(24)25-11-12-4-2-1-3-5-12/h1-7,10,16-17,22-23H,8-9,11,20H2,(H,21,24). The number of carbonyl (C=O) groups excluding carboxylic acids is 1. The van der Waals surface area contributed by atoms with Crippen LogP contribution in [0, 0.1) is 0 Å². The van der Waals surface area contributed by atoms with E-state index in [1.807, 2.05) is 30.3 Å². The normalized spacial score (nSPS) is 13.1. The first-order valence-electron chi connectivity index (χ1n) is 7.83. The highest BCUT2D eigenvalue weighted by Gasteiger charge is 2.19. The van der Waals surface area contributed by atoms with Crippen LogP contribution in [0.5, 0.6) is 0 Å². The maximum atomic E-state index is 11.6. The SMILES string of the molecule is Nc1ccc(C(O)C(O)CCNC(=O)OCc2ccccc2)cc1Br. The summed E-state index contributed by atoms with van der Waals surface area (Å²) in [6, 6.07) is 14.3. The molecule has 2 unspecified atom stereocenters. The molecule has 0 spiro atoms. The predicted octanol–water partition coefficient (Wildman–Crippen LogP) is 2.74. The van der Waals surface area contributed by atoms with Crippen LogP contribution in [0.1, 0.15) is 23.7 Å². The van der Waals surface area contributed by atoms with E-state index < -0.39 is 18.3 Å². The summed E-state index contributed by atoms with van der Waals surface area (Å²) >= 11 is 3.28. The van der Waals surface area contributed by atoms with Gasteiger partial charge in [0.05, 0.1) is 6.10 Å². The number of hydrogen-bond donors (Lipinski definition) is 4. The number of carbonyl (C=O) groups is 1. The minimum atomic E-state index is -1.07. The van der Waals surface area contributed by atoms with Crippen molar-refractivity contribution in [2.75, 3.05) is 12.3 Å². The maximum Gasteiger partial charge on any atom is 0.407 e. The zero-order chi connectivity index (χ0) is 18.2. The number of nitrogens with two attached hydrogens (primary N) is 1. The van der Waals surface area contributed by atoms with Gasteiger partial charge in [0, 0.05) is 16.7 Å². The van der Waals surface area contributed by atoms with E-state index in [2.05, 4.69) is 21.2 Å². The van der Waals surface area contributed by atoms with Crippen LogP contribution in [0.2, 0.25) is 0 Å². The number of ether oxygens (including phenoxy) is 1. The molecule has 0 heterocycles. The Bertz CT molecular complexity index is 697. The molecule has 0 aliphatic rings. The summed E-state index contributed by atoms with van der Waals surface area (Å²) in [6.45, 7) is 0.360. The number of hydrogen-bond acceptors (Lipinski definition) is 5. The van der Waals surface area contributed by atoms with Crippen LogP contribution >= 0.6 is 15.9 Å². The largest absolute Gasteiger partial charge is 0.445 e. The van der Waals surface area contributed by atoms with E-state index in [9.17, 15) is 15.0 Å².